The molecule has 1 N–H and O–H groups in total. The van der Waals surface area contributed by atoms with Crippen LogP contribution in [0.5, 0.6) is 0 Å². The van der Waals surface area contributed by atoms with Crippen molar-refractivity contribution in [2.24, 2.45) is 0 Å². The van der Waals surface area contributed by atoms with E-state index in [1.54, 1.807) is 17.4 Å². The summed E-state index contributed by atoms with van der Waals surface area (Å²) in [5.41, 5.74) is 2.32. The second-order valence-electron chi connectivity index (χ2n) is 5.72. The molecule has 24 heavy (non-hydrogen) atoms. The highest BCUT2D eigenvalue weighted by atomic mass is 32.1. The molecule has 0 amide bonds. The number of benzene rings is 1. The third-order valence-electron chi connectivity index (χ3n) is 4.02. The molecule has 7 heteroatoms. The summed E-state index contributed by atoms with van der Waals surface area (Å²) in [7, 11) is 0. The molecule has 0 saturated carbocycles. The summed E-state index contributed by atoms with van der Waals surface area (Å²) >= 11 is 1.74. The van der Waals surface area contributed by atoms with Gasteiger partial charge in [0.25, 0.3) is 0 Å². The van der Waals surface area contributed by atoms with Gasteiger partial charge in [-0.25, -0.2) is 9.07 Å². The summed E-state index contributed by atoms with van der Waals surface area (Å²) in [6, 6.07) is 10.6. The zero-order chi connectivity index (χ0) is 16.4. The highest BCUT2D eigenvalue weighted by Crippen LogP contribution is 2.25. The van der Waals surface area contributed by atoms with E-state index >= 15 is 0 Å². The Labute approximate surface area is 143 Å². The van der Waals surface area contributed by atoms with E-state index in [0.717, 1.165) is 24.3 Å². The molecule has 0 spiro atoms. The maximum atomic E-state index is 13.4. The number of aromatic nitrogens is 3. The molecule has 5 nitrogen and oxygen atoms in total. The predicted molar refractivity (Wildman–Crippen MR) is 90.0 cm³/mol. The van der Waals surface area contributed by atoms with Crippen LogP contribution in [0, 0.1) is 5.82 Å². The van der Waals surface area contributed by atoms with Crippen molar-refractivity contribution in [3.8, 4) is 11.3 Å². The third kappa shape index (κ3) is 3.24. The van der Waals surface area contributed by atoms with Crippen molar-refractivity contribution in [2.45, 2.75) is 25.8 Å². The summed E-state index contributed by atoms with van der Waals surface area (Å²) in [5.74, 6) is -0.276. The molecule has 1 unspecified atom stereocenters. The highest BCUT2D eigenvalue weighted by Gasteiger charge is 2.24. The van der Waals surface area contributed by atoms with E-state index in [1.807, 2.05) is 10.7 Å². The van der Waals surface area contributed by atoms with E-state index in [9.17, 15) is 4.39 Å². The summed E-state index contributed by atoms with van der Waals surface area (Å²) in [6.45, 7) is 2.68. The van der Waals surface area contributed by atoms with E-state index in [0.29, 0.717) is 18.8 Å². The van der Waals surface area contributed by atoms with Gasteiger partial charge >= 0.3 is 0 Å². The molecule has 124 valence electrons. The molecule has 0 aliphatic carbocycles. The van der Waals surface area contributed by atoms with Gasteiger partial charge in [-0.15, -0.1) is 16.4 Å². The average molecular weight is 344 g/mol. The normalized spacial score (nSPS) is 17.0. The lowest BCUT2D eigenvalue weighted by Gasteiger charge is -2.24. The number of nitrogens with one attached hydrogen (secondary N) is 1. The lowest BCUT2D eigenvalue weighted by atomic mass is 10.1. The monoisotopic (exact) mass is 344 g/mol. The molecule has 4 rings (SSSR count). The largest absolute Gasteiger partial charge is 0.369 e. The van der Waals surface area contributed by atoms with Crippen LogP contribution in [-0.2, 0) is 24.4 Å². The Morgan fingerprint density at radius 1 is 1.33 bits per heavy atom. The third-order valence-corrected chi connectivity index (χ3v) is 4.90. The second-order valence-corrected chi connectivity index (χ2v) is 6.75. The molecule has 0 radical (unpaired) electrons. The lowest BCUT2D eigenvalue weighted by molar-refractivity contribution is 0.00128. The number of hydrogen-bond acceptors (Lipinski definition) is 5. The van der Waals surface area contributed by atoms with Crippen molar-refractivity contribution in [1.82, 2.24) is 20.3 Å². The predicted octanol–water partition coefficient (Wildman–Crippen LogP) is 2.83. The van der Waals surface area contributed by atoms with Crippen LogP contribution in [0.25, 0.3) is 11.3 Å². The van der Waals surface area contributed by atoms with Crippen molar-refractivity contribution in [3.05, 3.63) is 58.2 Å². The molecule has 1 aromatic carbocycles. The van der Waals surface area contributed by atoms with Gasteiger partial charge in [-0.2, -0.15) is 0 Å². The number of hydrogen-bond donors (Lipinski definition) is 1. The number of nitrogens with zero attached hydrogens (tertiary/aromatic N) is 3. The Morgan fingerprint density at radius 2 is 2.29 bits per heavy atom. The molecule has 3 aromatic rings. The molecule has 2 aromatic heterocycles. The van der Waals surface area contributed by atoms with Crippen molar-refractivity contribution in [1.29, 1.82) is 0 Å². The van der Waals surface area contributed by atoms with Crippen LogP contribution in [0.2, 0.25) is 0 Å². The zero-order valence-corrected chi connectivity index (χ0v) is 13.8. The zero-order valence-electron chi connectivity index (χ0n) is 13.0. The number of fused-ring (bicyclic) bond motifs is 1. The van der Waals surface area contributed by atoms with Crippen LogP contribution in [0.3, 0.4) is 0 Å². The maximum absolute atomic E-state index is 13.4. The fourth-order valence-electron chi connectivity index (χ4n) is 2.82. The van der Waals surface area contributed by atoms with Crippen molar-refractivity contribution >= 4 is 11.3 Å². The van der Waals surface area contributed by atoms with Gasteiger partial charge in [-0.3, -0.25) is 0 Å². The first-order valence-corrected chi connectivity index (χ1v) is 8.70. The van der Waals surface area contributed by atoms with Crippen molar-refractivity contribution in [3.63, 3.8) is 0 Å². The van der Waals surface area contributed by atoms with Gasteiger partial charge in [-0.05, 0) is 23.6 Å². The van der Waals surface area contributed by atoms with Crippen LogP contribution >= 0.6 is 11.3 Å². The molecule has 1 aliphatic heterocycles. The number of thiophene rings is 1. The first-order valence-electron chi connectivity index (χ1n) is 7.82. The summed E-state index contributed by atoms with van der Waals surface area (Å²) < 4.78 is 21.2. The van der Waals surface area contributed by atoms with E-state index in [4.69, 9.17) is 4.74 Å². The van der Waals surface area contributed by atoms with Gasteiger partial charge in [0.05, 0.1) is 24.9 Å². The first-order chi connectivity index (χ1) is 11.8. The topological polar surface area (TPSA) is 52.0 Å². The molecule has 1 aliphatic rings. The molecular formula is C17H17FN4OS. The van der Waals surface area contributed by atoms with Gasteiger partial charge in [0, 0.05) is 23.5 Å². The molecule has 3 heterocycles. The van der Waals surface area contributed by atoms with E-state index in [1.165, 1.54) is 17.0 Å². The number of rotatable bonds is 5. The van der Waals surface area contributed by atoms with E-state index in [2.05, 4.69) is 33.1 Å². The quantitative estimate of drug-likeness (QED) is 0.773. The van der Waals surface area contributed by atoms with Crippen LogP contribution < -0.4 is 5.32 Å². The smallest absolute Gasteiger partial charge is 0.123 e. The number of ether oxygens (including phenoxy) is 1. The van der Waals surface area contributed by atoms with Gasteiger partial charge < -0.3 is 10.1 Å². The second kappa shape index (κ2) is 6.80. The minimum atomic E-state index is -0.276. The fourth-order valence-corrected chi connectivity index (χ4v) is 3.49. The minimum Gasteiger partial charge on any atom is -0.369 e. The lowest BCUT2D eigenvalue weighted by Crippen LogP contribution is -2.36. The van der Waals surface area contributed by atoms with Crippen LogP contribution in [-0.4, -0.2) is 27.6 Å². The van der Waals surface area contributed by atoms with E-state index in [-0.39, 0.29) is 11.9 Å². The fraction of sp³-hybridized carbons (Fsp3) is 0.294. The van der Waals surface area contributed by atoms with Crippen molar-refractivity contribution in [2.75, 3.05) is 6.54 Å². The standard InChI is InChI=1S/C17H17FN4OS/c18-13-4-1-3-12(7-13)17-16-11-23-14(10-22(16)21-20-17)8-19-9-15-5-2-6-24-15/h1-7,14,19H,8-11H2. The molecular weight excluding hydrogens is 327 g/mol. The van der Waals surface area contributed by atoms with Gasteiger partial charge in [0.1, 0.15) is 11.5 Å². The van der Waals surface area contributed by atoms with Gasteiger partial charge in [0.2, 0.25) is 0 Å². The Balaban J connectivity index is 1.41. The average Bonchev–Trinajstić information content (AvgIpc) is 3.24. The maximum Gasteiger partial charge on any atom is 0.123 e. The van der Waals surface area contributed by atoms with E-state index < -0.39 is 0 Å². The molecule has 1 atom stereocenters. The van der Waals surface area contributed by atoms with Crippen LogP contribution in [0.15, 0.2) is 41.8 Å². The Bertz CT molecular complexity index is 818. The summed E-state index contributed by atoms with van der Waals surface area (Å²) in [4.78, 5) is 1.31. The Morgan fingerprint density at radius 3 is 3.12 bits per heavy atom. The van der Waals surface area contributed by atoms with Crippen LogP contribution in [0.1, 0.15) is 10.6 Å². The van der Waals surface area contributed by atoms with Gasteiger partial charge in [-0.1, -0.05) is 23.4 Å². The Kier molecular flexibility index (Phi) is 4.38. The van der Waals surface area contributed by atoms with Crippen molar-refractivity contribution < 1.29 is 9.13 Å². The SMILES string of the molecule is Fc1cccc(-c2nnn3c2COC(CNCc2cccs2)C3)c1. The first kappa shape index (κ1) is 15.4. The molecule has 0 saturated heterocycles. The highest BCUT2D eigenvalue weighted by molar-refractivity contribution is 7.09. The van der Waals surface area contributed by atoms with Crippen LogP contribution in [0.4, 0.5) is 4.39 Å². The summed E-state index contributed by atoms with van der Waals surface area (Å²) in [6.07, 6.45) is 0.0551. The number of halogens is 1. The molecule has 0 bridgehead atoms. The minimum absolute atomic E-state index is 0.0551. The summed E-state index contributed by atoms with van der Waals surface area (Å²) in [5, 5.41) is 13.9. The van der Waals surface area contributed by atoms with Gasteiger partial charge in [0.15, 0.2) is 0 Å². The molecule has 0 fully saturated rings. The Hall–Kier alpha value is -2.09.